The predicted molar refractivity (Wildman–Crippen MR) is 107 cm³/mol. The lowest BCUT2D eigenvalue weighted by molar-refractivity contribution is -0.115. The van der Waals surface area contributed by atoms with Crippen molar-refractivity contribution in [1.82, 2.24) is 15.5 Å². The smallest absolute Gasteiger partial charge is 0.407 e. The highest BCUT2D eigenvalue weighted by Gasteiger charge is 2.34. The van der Waals surface area contributed by atoms with Gasteiger partial charge in [-0.1, -0.05) is 43.7 Å². The number of aryl methyl sites for hydroxylation is 1. The second-order valence-electron chi connectivity index (χ2n) is 7.89. The lowest BCUT2D eigenvalue weighted by Crippen LogP contribution is -2.37. The summed E-state index contributed by atoms with van der Waals surface area (Å²) in [6.45, 7) is 6.70. The van der Waals surface area contributed by atoms with Crippen molar-refractivity contribution in [3.05, 3.63) is 47.2 Å². The van der Waals surface area contributed by atoms with Crippen molar-refractivity contribution in [3.8, 4) is 0 Å². The molecule has 3 N–H and O–H groups in total. The lowest BCUT2D eigenvalue weighted by atomic mass is 9.80. The number of rotatable bonds is 7. The Labute approximate surface area is 165 Å². The number of benzene rings is 1. The number of ether oxygens (including phenoxy) is 1. The molecule has 7 nitrogen and oxygen atoms in total. The van der Waals surface area contributed by atoms with Gasteiger partial charge < -0.3 is 15.4 Å². The SMILES string of the molecule is Cc1ccc(CC(=O)Nc2cc(C3CC(OC(=O)NCC(C)C)C3)[nH]n2)cc1. The normalized spacial score (nSPS) is 18.4. The molecule has 2 amide bonds. The minimum atomic E-state index is -0.356. The van der Waals surface area contributed by atoms with Gasteiger partial charge in [0.1, 0.15) is 6.10 Å². The molecule has 2 aromatic rings. The van der Waals surface area contributed by atoms with Crippen LogP contribution in [-0.4, -0.2) is 34.8 Å². The second-order valence-corrected chi connectivity index (χ2v) is 7.89. The molecule has 28 heavy (non-hydrogen) atoms. The third-order valence-electron chi connectivity index (χ3n) is 4.81. The van der Waals surface area contributed by atoms with Gasteiger partial charge in [0.25, 0.3) is 0 Å². The molecule has 1 fully saturated rings. The summed E-state index contributed by atoms with van der Waals surface area (Å²) in [5, 5.41) is 12.7. The average molecular weight is 384 g/mol. The number of carbonyl (C=O) groups excluding carboxylic acids is 2. The molecule has 1 aliphatic rings. The molecule has 7 heteroatoms. The summed E-state index contributed by atoms with van der Waals surface area (Å²) < 4.78 is 5.38. The Morgan fingerprint density at radius 2 is 1.96 bits per heavy atom. The first-order valence-corrected chi connectivity index (χ1v) is 9.74. The molecule has 0 saturated heterocycles. The molecule has 1 aromatic heterocycles. The summed E-state index contributed by atoms with van der Waals surface area (Å²) in [7, 11) is 0. The lowest BCUT2D eigenvalue weighted by Gasteiger charge is -2.33. The first-order chi connectivity index (χ1) is 13.4. The number of hydrogen-bond acceptors (Lipinski definition) is 4. The van der Waals surface area contributed by atoms with E-state index in [9.17, 15) is 9.59 Å². The van der Waals surface area contributed by atoms with Crippen molar-refractivity contribution in [2.24, 2.45) is 5.92 Å². The maximum atomic E-state index is 12.2. The van der Waals surface area contributed by atoms with E-state index < -0.39 is 0 Å². The average Bonchev–Trinajstić information content (AvgIpc) is 3.05. The van der Waals surface area contributed by atoms with Gasteiger partial charge in [0, 0.05) is 24.2 Å². The third kappa shape index (κ3) is 5.58. The summed E-state index contributed by atoms with van der Waals surface area (Å²) >= 11 is 0. The van der Waals surface area contributed by atoms with E-state index in [1.165, 1.54) is 5.56 Å². The van der Waals surface area contributed by atoms with Gasteiger partial charge in [-0.15, -0.1) is 0 Å². The monoisotopic (exact) mass is 384 g/mol. The number of nitrogens with zero attached hydrogens (tertiary/aromatic N) is 1. The van der Waals surface area contributed by atoms with E-state index in [4.69, 9.17) is 4.74 Å². The van der Waals surface area contributed by atoms with E-state index in [1.54, 1.807) is 0 Å². The van der Waals surface area contributed by atoms with Crippen LogP contribution in [0.2, 0.25) is 0 Å². The topological polar surface area (TPSA) is 96.1 Å². The quantitative estimate of drug-likeness (QED) is 0.680. The maximum absolute atomic E-state index is 12.2. The van der Waals surface area contributed by atoms with Gasteiger partial charge >= 0.3 is 6.09 Å². The van der Waals surface area contributed by atoms with Gasteiger partial charge in [0.15, 0.2) is 5.82 Å². The Kier molecular flexibility index (Phi) is 6.34. The van der Waals surface area contributed by atoms with E-state index >= 15 is 0 Å². The van der Waals surface area contributed by atoms with Crippen LogP contribution < -0.4 is 10.6 Å². The van der Waals surface area contributed by atoms with Crippen molar-refractivity contribution in [2.45, 2.75) is 52.1 Å². The van der Waals surface area contributed by atoms with Crippen molar-refractivity contribution in [2.75, 3.05) is 11.9 Å². The second kappa shape index (κ2) is 8.91. The van der Waals surface area contributed by atoms with Crippen LogP contribution in [0.15, 0.2) is 30.3 Å². The molecule has 150 valence electrons. The Balaban J connectivity index is 1.42. The van der Waals surface area contributed by atoms with Crippen molar-refractivity contribution >= 4 is 17.8 Å². The fourth-order valence-corrected chi connectivity index (χ4v) is 3.08. The van der Waals surface area contributed by atoms with E-state index in [2.05, 4.69) is 20.8 Å². The van der Waals surface area contributed by atoms with Gasteiger partial charge in [0.05, 0.1) is 6.42 Å². The number of carbonyl (C=O) groups is 2. The van der Waals surface area contributed by atoms with Crippen LogP contribution in [-0.2, 0) is 16.0 Å². The first kappa shape index (κ1) is 19.9. The summed E-state index contributed by atoms with van der Waals surface area (Å²) in [6, 6.07) is 9.75. The molecule has 0 radical (unpaired) electrons. The number of hydrogen-bond donors (Lipinski definition) is 3. The summed E-state index contributed by atoms with van der Waals surface area (Å²) in [6.07, 6.45) is 1.40. The van der Waals surface area contributed by atoms with E-state index in [-0.39, 0.29) is 24.0 Å². The van der Waals surface area contributed by atoms with Crippen LogP contribution >= 0.6 is 0 Å². The zero-order valence-electron chi connectivity index (χ0n) is 16.6. The molecular weight excluding hydrogens is 356 g/mol. The number of aromatic nitrogens is 2. The molecule has 0 bridgehead atoms. The fraction of sp³-hybridized carbons (Fsp3) is 0.476. The summed E-state index contributed by atoms with van der Waals surface area (Å²) in [5.74, 6) is 1.08. The minimum absolute atomic E-state index is 0.0694. The number of H-pyrrole nitrogens is 1. The van der Waals surface area contributed by atoms with Crippen LogP contribution in [0.4, 0.5) is 10.6 Å². The maximum Gasteiger partial charge on any atom is 0.407 e. The Morgan fingerprint density at radius 1 is 1.25 bits per heavy atom. The first-order valence-electron chi connectivity index (χ1n) is 9.74. The zero-order chi connectivity index (χ0) is 20.1. The predicted octanol–water partition coefficient (Wildman–Crippen LogP) is 3.53. The van der Waals surface area contributed by atoms with Crippen LogP contribution in [0.1, 0.15) is 49.4 Å². The largest absolute Gasteiger partial charge is 0.446 e. The van der Waals surface area contributed by atoms with E-state index in [1.807, 2.05) is 51.1 Å². The van der Waals surface area contributed by atoms with Gasteiger partial charge in [-0.05, 0) is 31.2 Å². The minimum Gasteiger partial charge on any atom is -0.446 e. The number of alkyl carbamates (subject to hydrolysis) is 1. The molecule has 0 aliphatic heterocycles. The number of anilines is 1. The Morgan fingerprint density at radius 3 is 2.64 bits per heavy atom. The number of nitrogens with one attached hydrogen (secondary N) is 3. The highest BCUT2D eigenvalue weighted by molar-refractivity contribution is 5.91. The van der Waals surface area contributed by atoms with Gasteiger partial charge in [-0.2, -0.15) is 5.10 Å². The van der Waals surface area contributed by atoms with Crippen LogP contribution in [0, 0.1) is 12.8 Å². The molecular formula is C21H28N4O3. The Hall–Kier alpha value is -2.83. The third-order valence-corrected chi connectivity index (χ3v) is 4.81. The van der Waals surface area contributed by atoms with Crippen molar-refractivity contribution < 1.29 is 14.3 Å². The molecule has 0 atom stereocenters. The van der Waals surface area contributed by atoms with Crippen LogP contribution in [0.5, 0.6) is 0 Å². The molecule has 0 unspecified atom stereocenters. The van der Waals surface area contributed by atoms with Crippen LogP contribution in [0.3, 0.4) is 0 Å². The number of amides is 2. The van der Waals surface area contributed by atoms with E-state index in [0.717, 1.165) is 24.1 Å². The van der Waals surface area contributed by atoms with Crippen LogP contribution in [0.25, 0.3) is 0 Å². The molecule has 3 rings (SSSR count). The molecule has 1 aromatic carbocycles. The Bertz CT molecular complexity index is 807. The molecule has 1 aliphatic carbocycles. The zero-order valence-corrected chi connectivity index (χ0v) is 16.6. The van der Waals surface area contributed by atoms with E-state index in [0.29, 0.717) is 24.7 Å². The highest BCUT2D eigenvalue weighted by Crippen LogP contribution is 2.38. The molecule has 1 heterocycles. The van der Waals surface area contributed by atoms with Gasteiger partial charge in [0.2, 0.25) is 5.91 Å². The summed E-state index contributed by atoms with van der Waals surface area (Å²) in [5.41, 5.74) is 3.09. The van der Waals surface area contributed by atoms with Crippen molar-refractivity contribution in [1.29, 1.82) is 0 Å². The van der Waals surface area contributed by atoms with Crippen molar-refractivity contribution in [3.63, 3.8) is 0 Å². The highest BCUT2D eigenvalue weighted by atomic mass is 16.6. The molecule has 1 saturated carbocycles. The number of aromatic amines is 1. The fourth-order valence-electron chi connectivity index (χ4n) is 3.08. The summed E-state index contributed by atoms with van der Waals surface area (Å²) in [4.78, 5) is 23.9. The van der Waals surface area contributed by atoms with Gasteiger partial charge in [-0.3, -0.25) is 9.89 Å². The molecule has 0 spiro atoms. The van der Waals surface area contributed by atoms with Gasteiger partial charge in [-0.25, -0.2) is 4.79 Å². The standard InChI is InChI=1S/C21H28N4O3/c1-13(2)12-22-21(27)28-17-9-16(10-17)18-11-19(25-24-18)23-20(26)8-15-6-4-14(3)5-7-15/h4-7,11,13,16-17H,8-10,12H2,1-3H3,(H,22,27)(H2,23,24,25,26).